The second kappa shape index (κ2) is 13.5. The Bertz CT molecular complexity index is 1650. The zero-order valence-corrected chi connectivity index (χ0v) is 27.9. The summed E-state index contributed by atoms with van der Waals surface area (Å²) in [7, 11) is 0. The van der Waals surface area contributed by atoms with Crippen LogP contribution in [0.1, 0.15) is 101 Å². The van der Waals surface area contributed by atoms with Crippen molar-refractivity contribution in [2.24, 2.45) is 0 Å². The number of likely N-dealkylation sites (tertiary alicyclic amines) is 1. The van der Waals surface area contributed by atoms with E-state index in [9.17, 15) is 5.26 Å². The van der Waals surface area contributed by atoms with Gasteiger partial charge < -0.3 is 10.6 Å². The third kappa shape index (κ3) is 7.22. The molecule has 0 amide bonds. The molecule has 1 aliphatic heterocycles. The number of piperidine rings is 1. The van der Waals surface area contributed by atoms with E-state index in [0.29, 0.717) is 27.7 Å². The molecule has 236 valence electrons. The lowest BCUT2D eigenvalue weighted by atomic mass is 9.98. The van der Waals surface area contributed by atoms with E-state index in [1.54, 1.807) is 6.20 Å². The van der Waals surface area contributed by atoms with Crippen LogP contribution in [0.2, 0.25) is 10.0 Å². The number of halogens is 2. The Morgan fingerprint density at radius 3 is 2.33 bits per heavy atom. The molecule has 2 aromatic carbocycles. The van der Waals surface area contributed by atoms with Gasteiger partial charge in [-0.2, -0.15) is 5.26 Å². The third-order valence-corrected chi connectivity index (χ3v) is 9.84. The highest BCUT2D eigenvalue weighted by Gasteiger charge is 2.29. The molecular weight excluding hydrogens is 603 g/mol. The molecule has 0 radical (unpaired) electrons. The van der Waals surface area contributed by atoms with Crippen LogP contribution >= 0.6 is 23.2 Å². The molecule has 1 aliphatic carbocycles. The molecule has 2 aromatic heterocycles. The van der Waals surface area contributed by atoms with Crippen molar-refractivity contribution in [2.75, 3.05) is 23.7 Å². The highest BCUT2D eigenvalue weighted by molar-refractivity contribution is 6.32. The largest absolute Gasteiger partial charge is 0.381 e. The summed E-state index contributed by atoms with van der Waals surface area (Å²) in [6.45, 7) is 8.88. The van der Waals surface area contributed by atoms with Crippen LogP contribution in [0.3, 0.4) is 0 Å². The van der Waals surface area contributed by atoms with Gasteiger partial charge in [-0.25, -0.2) is 4.68 Å². The average molecular weight is 646 g/mol. The van der Waals surface area contributed by atoms with Gasteiger partial charge in [-0.05, 0) is 76.3 Å². The minimum atomic E-state index is -0.331. The molecule has 3 heterocycles. The number of fused-ring (bicyclic) bond motifs is 1. The molecule has 0 bridgehead atoms. The van der Waals surface area contributed by atoms with Gasteiger partial charge in [0, 0.05) is 46.3 Å². The van der Waals surface area contributed by atoms with Crippen molar-refractivity contribution in [1.29, 1.82) is 5.26 Å². The fourth-order valence-corrected chi connectivity index (χ4v) is 7.13. The average Bonchev–Trinajstić information content (AvgIpc) is 3.37. The number of hydrogen-bond acceptors (Lipinski definition) is 7. The summed E-state index contributed by atoms with van der Waals surface area (Å²) in [6, 6.07) is 14.2. The Labute approximate surface area is 276 Å². The lowest BCUT2D eigenvalue weighted by molar-refractivity contribution is 0.0866. The monoisotopic (exact) mass is 644 g/mol. The van der Waals surface area contributed by atoms with Gasteiger partial charge in [0.05, 0.1) is 40.7 Å². The van der Waals surface area contributed by atoms with E-state index in [0.717, 1.165) is 72.3 Å². The lowest BCUT2D eigenvalue weighted by Gasteiger charge is -2.40. The van der Waals surface area contributed by atoms with Gasteiger partial charge in [0.1, 0.15) is 11.8 Å². The van der Waals surface area contributed by atoms with Gasteiger partial charge >= 0.3 is 0 Å². The van der Waals surface area contributed by atoms with E-state index in [2.05, 4.69) is 58.9 Å². The molecule has 6 rings (SSSR count). The predicted octanol–water partition coefficient (Wildman–Crippen LogP) is 8.78. The molecule has 2 fully saturated rings. The first-order valence-electron chi connectivity index (χ1n) is 16.2. The first-order valence-corrected chi connectivity index (χ1v) is 16.9. The Morgan fingerprint density at radius 2 is 1.67 bits per heavy atom. The molecule has 1 saturated heterocycles. The predicted molar refractivity (Wildman–Crippen MR) is 183 cm³/mol. The van der Waals surface area contributed by atoms with E-state index >= 15 is 0 Å². The van der Waals surface area contributed by atoms with E-state index < -0.39 is 0 Å². The van der Waals surface area contributed by atoms with Gasteiger partial charge in [-0.1, -0.05) is 66.2 Å². The maximum absolute atomic E-state index is 10.0. The molecule has 2 aliphatic rings. The number of aromatic nitrogens is 4. The summed E-state index contributed by atoms with van der Waals surface area (Å²) >= 11 is 13.1. The zero-order chi connectivity index (χ0) is 31.6. The molecular formula is C35H42Cl2N8. The van der Waals surface area contributed by atoms with Crippen molar-refractivity contribution in [2.45, 2.75) is 95.8 Å². The van der Waals surface area contributed by atoms with Crippen LogP contribution in [0.25, 0.3) is 10.9 Å². The van der Waals surface area contributed by atoms with Crippen LogP contribution in [0.4, 0.5) is 11.4 Å². The quantitative estimate of drug-likeness (QED) is 0.194. The van der Waals surface area contributed by atoms with Gasteiger partial charge in [-0.15, -0.1) is 5.10 Å². The van der Waals surface area contributed by atoms with Crippen LogP contribution in [0, 0.1) is 11.3 Å². The zero-order valence-electron chi connectivity index (χ0n) is 26.4. The van der Waals surface area contributed by atoms with Crippen LogP contribution in [-0.4, -0.2) is 49.5 Å². The highest BCUT2D eigenvalue weighted by atomic mass is 35.5. The van der Waals surface area contributed by atoms with Crippen LogP contribution in [0.15, 0.2) is 48.8 Å². The standard InChI is InChI=1S/C35H42Cl2N8/c1-35(2,3)44-16-14-28(15-17-44)45-22-31(42-43-45)33(23-10-12-25(36)13-11-23)41-30-19-26(37)18-29-32(24(20-38)21-39-34(29)30)40-27-8-6-4-5-7-9-27/h10-13,18-19,21-22,27-28,33,41H,4-9,14-17H2,1-3H3,(H,39,40)/t33-/m0/s1. The Kier molecular flexibility index (Phi) is 9.51. The van der Waals surface area contributed by atoms with Crippen LogP contribution in [0.5, 0.6) is 0 Å². The summed E-state index contributed by atoms with van der Waals surface area (Å²) in [5, 5.41) is 28.8. The highest BCUT2D eigenvalue weighted by Crippen LogP contribution is 2.38. The molecule has 10 heteroatoms. The van der Waals surface area contributed by atoms with Crippen molar-refractivity contribution in [3.05, 3.63) is 75.7 Å². The fraction of sp³-hybridized carbons (Fsp3) is 0.486. The van der Waals surface area contributed by atoms with Crippen LogP contribution < -0.4 is 10.6 Å². The second-order valence-corrected chi connectivity index (χ2v) is 14.4. The van der Waals surface area contributed by atoms with Crippen LogP contribution in [-0.2, 0) is 0 Å². The summed E-state index contributed by atoms with van der Waals surface area (Å²) in [5.41, 5.74) is 4.79. The molecule has 1 atom stereocenters. The van der Waals surface area contributed by atoms with Crippen molar-refractivity contribution in [3.8, 4) is 6.07 Å². The van der Waals surface area contributed by atoms with Crippen molar-refractivity contribution in [3.63, 3.8) is 0 Å². The molecule has 2 N–H and O–H groups in total. The fourth-order valence-electron chi connectivity index (χ4n) is 6.79. The topological polar surface area (TPSA) is 94.7 Å². The van der Waals surface area contributed by atoms with Gasteiger partial charge in [0.15, 0.2) is 0 Å². The Balaban J connectivity index is 1.35. The van der Waals surface area contributed by atoms with Gasteiger partial charge in [-0.3, -0.25) is 9.88 Å². The normalized spacial score (nSPS) is 18.0. The molecule has 1 saturated carbocycles. The first-order chi connectivity index (χ1) is 21.7. The number of pyridine rings is 1. The maximum Gasteiger partial charge on any atom is 0.109 e. The van der Waals surface area contributed by atoms with Gasteiger partial charge in [0.2, 0.25) is 0 Å². The lowest BCUT2D eigenvalue weighted by Crippen LogP contribution is -2.46. The summed E-state index contributed by atoms with van der Waals surface area (Å²) < 4.78 is 2.03. The summed E-state index contributed by atoms with van der Waals surface area (Å²) in [4.78, 5) is 7.31. The SMILES string of the molecule is CC(C)(C)N1CCC(n2cc([C@@H](Nc3cc(Cl)cc4c(NC5CCCCCC5)c(C#N)cnc34)c3ccc(Cl)cc3)nn2)CC1. The molecule has 0 unspecified atom stereocenters. The molecule has 45 heavy (non-hydrogen) atoms. The van der Waals surface area contributed by atoms with Crippen molar-refractivity contribution >= 4 is 45.5 Å². The number of anilines is 2. The van der Waals surface area contributed by atoms with E-state index in [1.165, 1.54) is 25.7 Å². The van der Waals surface area contributed by atoms with E-state index in [4.69, 9.17) is 28.2 Å². The second-order valence-electron chi connectivity index (χ2n) is 13.5. The van der Waals surface area contributed by atoms with E-state index in [-0.39, 0.29) is 11.6 Å². The number of rotatable bonds is 7. The first kappa shape index (κ1) is 31.6. The molecule has 4 aromatic rings. The maximum atomic E-state index is 10.0. The number of benzene rings is 2. The minimum Gasteiger partial charge on any atom is -0.381 e. The smallest absolute Gasteiger partial charge is 0.109 e. The third-order valence-electron chi connectivity index (χ3n) is 9.37. The van der Waals surface area contributed by atoms with Gasteiger partial charge in [0.25, 0.3) is 0 Å². The summed E-state index contributed by atoms with van der Waals surface area (Å²) in [6.07, 6.45) is 12.9. The van der Waals surface area contributed by atoms with Crippen molar-refractivity contribution in [1.82, 2.24) is 24.9 Å². The van der Waals surface area contributed by atoms with E-state index in [1.807, 2.05) is 41.1 Å². The number of nitriles is 1. The minimum absolute atomic E-state index is 0.162. The Morgan fingerprint density at radius 1 is 0.956 bits per heavy atom. The number of hydrogen-bond donors (Lipinski definition) is 2. The Hall–Kier alpha value is -3.38. The molecule has 0 spiro atoms. The van der Waals surface area contributed by atoms with Crippen molar-refractivity contribution < 1.29 is 0 Å². The number of nitrogens with one attached hydrogen (secondary N) is 2. The summed E-state index contributed by atoms with van der Waals surface area (Å²) in [5.74, 6) is 0. The number of nitrogens with zero attached hydrogens (tertiary/aromatic N) is 6. The molecule has 8 nitrogen and oxygen atoms in total.